The summed E-state index contributed by atoms with van der Waals surface area (Å²) in [5, 5.41) is 9.13. The van der Waals surface area contributed by atoms with Gasteiger partial charge in [-0.1, -0.05) is 22.6 Å². The standard InChI is InChI=1S/C6H12INO/c1-8-3-2-5(4-8)6(7)9/h5-6,9H,2-4H2,1H3. The summed E-state index contributed by atoms with van der Waals surface area (Å²) in [7, 11) is 2.10. The Labute approximate surface area is 69.4 Å². The predicted molar refractivity (Wildman–Crippen MR) is 45.6 cm³/mol. The Bertz CT molecular complexity index is 97.1. The maximum Gasteiger partial charge on any atom is 0.109 e. The van der Waals surface area contributed by atoms with E-state index in [0.29, 0.717) is 5.92 Å². The number of alkyl halides is 1. The molecule has 2 nitrogen and oxygen atoms in total. The molecule has 9 heavy (non-hydrogen) atoms. The molecule has 0 saturated carbocycles. The Balaban J connectivity index is 2.30. The number of nitrogens with zero attached hydrogens (tertiary/aromatic N) is 1. The molecule has 0 radical (unpaired) electrons. The highest BCUT2D eigenvalue weighted by molar-refractivity contribution is 14.1. The summed E-state index contributed by atoms with van der Waals surface area (Å²) in [4.78, 5) is 2.26. The molecule has 0 bridgehead atoms. The first-order valence-electron chi connectivity index (χ1n) is 3.21. The van der Waals surface area contributed by atoms with E-state index in [9.17, 15) is 0 Å². The van der Waals surface area contributed by atoms with Gasteiger partial charge in [-0.05, 0) is 20.0 Å². The summed E-state index contributed by atoms with van der Waals surface area (Å²) in [6, 6.07) is 0. The van der Waals surface area contributed by atoms with Crippen LogP contribution in [-0.4, -0.2) is 34.3 Å². The third-order valence-electron chi connectivity index (χ3n) is 1.82. The van der Waals surface area contributed by atoms with Crippen LogP contribution in [0.3, 0.4) is 0 Å². The van der Waals surface area contributed by atoms with Gasteiger partial charge in [-0.2, -0.15) is 0 Å². The van der Waals surface area contributed by atoms with Crippen molar-refractivity contribution in [1.29, 1.82) is 0 Å². The topological polar surface area (TPSA) is 23.5 Å². The van der Waals surface area contributed by atoms with Gasteiger partial charge >= 0.3 is 0 Å². The van der Waals surface area contributed by atoms with Crippen LogP contribution in [0.2, 0.25) is 0 Å². The first-order chi connectivity index (χ1) is 4.20. The van der Waals surface area contributed by atoms with Crippen molar-refractivity contribution < 1.29 is 5.11 Å². The van der Waals surface area contributed by atoms with Crippen LogP contribution in [0.4, 0.5) is 0 Å². The first kappa shape index (κ1) is 7.75. The average Bonchev–Trinajstić information content (AvgIpc) is 2.14. The van der Waals surface area contributed by atoms with Gasteiger partial charge in [-0.3, -0.25) is 0 Å². The van der Waals surface area contributed by atoms with Crippen LogP contribution in [0.25, 0.3) is 0 Å². The second-order valence-electron chi connectivity index (χ2n) is 2.68. The van der Waals surface area contributed by atoms with E-state index in [-0.39, 0.29) is 4.11 Å². The molecule has 54 valence electrons. The number of hydrogen-bond donors (Lipinski definition) is 1. The molecule has 1 aliphatic heterocycles. The molecule has 1 fully saturated rings. The number of aliphatic hydroxyl groups excluding tert-OH is 1. The van der Waals surface area contributed by atoms with E-state index < -0.39 is 0 Å². The fourth-order valence-corrected chi connectivity index (χ4v) is 1.78. The van der Waals surface area contributed by atoms with Crippen molar-refractivity contribution in [2.24, 2.45) is 5.92 Å². The fraction of sp³-hybridized carbons (Fsp3) is 1.00. The van der Waals surface area contributed by atoms with Crippen molar-refractivity contribution in [3.8, 4) is 0 Å². The average molecular weight is 241 g/mol. The zero-order valence-corrected chi connectivity index (χ0v) is 7.71. The molecular formula is C6H12INO. The van der Waals surface area contributed by atoms with E-state index in [0.717, 1.165) is 19.5 Å². The van der Waals surface area contributed by atoms with Crippen molar-refractivity contribution in [2.75, 3.05) is 20.1 Å². The van der Waals surface area contributed by atoms with Gasteiger partial charge in [0.25, 0.3) is 0 Å². The molecule has 1 heterocycles. The summed E-state index contributed by atoms with van der Waals surface area (Å²) in [6.45, 7) is 2.20. The Morgan fingerprint density at radius 1 is 1.78 bits per heavy atom. The minimum atomic E-state index is -0.146. The summed E-state index contributed by atoms with van der Waals surface area (Å²) in [5.41, 5.74) is 0. The van der Waals surface area contributed by atoms with Gasteiger partial charge in [0.05, 0.1) is 0 Å². The number of likely N-dealkylation sites (tertiary alicyclic amines) is 1. The second-order valence-corrected chi connectivity index (χ2v) is 3.96. The van der Waals surface area contributed by atoms with Crippen LogP contribution in [0, 0.1) is 5.92 Å². The lowest BCUT2D eigenvalue weighted by Gasteiger charge is -2.10. The lowest BCUT2D eigenvalue weighted by molar-refractivity contribution is 0.209. The van der Waals surface area contributed by atoms with Crippen molar-refractivity contribution in [1.82, 2.24) is 4.90 Å². The van der Waals surface area contributed by atoms with E-state index in [4.69, 9.17) is 5.11 Å². The summed E-state index contributed by atoms with van der Waals surface area (Å²) in [5.74, 6) is 0.510. The van der Waals surface area contributed by atoms with Crippen LogP contribution in [0.15, 0.2) is 0 Å². The smallest absolute Gasteiger partial charge is 0.109 e. The van der Waals surface area contributed by atoms with E-state index >= 15 is 0 Å². The van der Waals surface area contributed by atoms with Crippen molar-refractivity contribution in [3.63, 3.8) is 0 Å². The molecule has 0 aromatic carbocycles. The van der Waals surface area contributed by atoms with Gasteiger partial charge < -0.3 is 10.0 Å². The van der Waals surface area contributed by atoms with E-state index in [1.54, 1.807) is 0 Å². The molecule has 1 saturated heterocycles. The third kappa shape index (κ3) is 2.05. The van der Waals surface area contributed by atoms with Crippen molar-refractivity contribution in [3.05, 3.63) is 0 Å². The molecule has 0 aromatic rings. The molecule has 1 rings (SSSR count). The monoisotopic (exact) mass is 241 g/mol. The van der Waals surface area contributed by atoms with Crippen LogP contribution >= 0.6 is 22.6 Å². The molecule has 0 aliphatic carbocycles. The van der Waals surface area contributed by atoms with Gasteiger partial charge in [-0.15, -0.1) is 0 Å². The fourth-order valence-electron chi connectivity index (χ4n) is 1.19. The minimum Gasteiger partial charge on any atom is -0.382 e. The van der Waals surface area contributed by atoms with Gasteiger partial charge in [-0.25, -0.2) is 0 Å². The van der Waals surface area contributed by atoms with Crippen LogP contribution in [0.1, 0.15) is 6.42 Å². The Hall–Kier alpha value is 0.650. The quantitative estimate of drug-likeness (QED) is 0.539. The minimum absolute atomic E-state index is 0.146. The zero-order valence-electron chi connectivity index (χ0n) is 5.55. The summed E-state index contributed by atoms with van der Waals surface area (Å²) < 4.78 is -0.146. The molecule has 3 heteroatoms. The van der Waals surface area contributed by atoms with E-state index in [1.165, 1.54) is 0 Å². The van der Waals surface area contributed by atoms with Gasteiger partial charge in [0.15, 0.2) is 0 Å². The lowest BCUT2D eigenvalue weighted by atomic mass is 10.1. The highest BCUT2D eigenvalue weighted by Gasteiger charge is 2.23. The first-order valence-corrected chi connectivity index (χ1v) is 4.45. The number of halogens is 1. The molecule has 1 N–H and O–H groups in total. The van der Waals surface area contributed by atoms with Gasteiger partial charge in [0, 0.05) is 12.5 Å². The Kier molecular flexibility index (Phi) is 2.73. The molecule has 0 spiro atoms. The second kappa shape index (κ2) is 3.16. The number of aliphatic hydroxyl groups is 1. The summed E-state index contributed by atoms with van der Waals surface area (Å²) >= 11 is 2.08. The number of rotatable bonds is 1. The number of hydrogen-bond acceptors (Lipinski definition) is 2. The van der Waals surface area contributed by atoms with Crippen LogP contribution in [-0.2, 0) is 0 Å². The zero-order chi connectivity index (χ0) is 6.85. The largest absolute Gasteiger partial charge is 0.382 e. The normalized spacial score (nSPS) is 33.0. The third-order valence-corrected chi connectivity index (χ3v) is 2.83. The molecule has 2 unspecified atom stereocenters. The Morgan fingerprint density at radius 2 is 2.44 bits per heavy atom. The molecular weight excluding hydrogens is 229 g/mol. The van der Waals surface area contributed by atoms with E-state index in [2.05, 4.69) is 34.5 Å². The summed E-state index contributed by atoms with van der Waals surface area (Å²) in [6.07, 6.45) is 1.15. The highest BCUT2D eigenvalue weighted by Crippen LogP contribution is 2.21. The van der Waals surface area contributed by atoms with Crippen molar-refractivity contribution in [2.45, 2.75) is 10.5 Å². The molecule has 0 amide bonds. The van der Waals surface area contributed by atoms with Gasteiger partial charge in [0.1, 0.15) is 4.11 Å². The van der Waals surface area contributed by atoms with Crippen LogP contribution < -0.4 is 0 Å². The highest BCUT2D eigenvalue weighted by atomic mass is 127. The maximum absolute atomic E-state index is 9.13. The van der Waals surface area contributed by atoms with Crippen LogP contribution in [0.5, 0.6) is 0 Å². The molecule has 1 aliphatic rings. The molecule has 0 aromatic heterocycles. The lowest BCUT2D eigenvalue weighted by Crippen LogP contribution is -2.18. The van der Waals surface area contributed by atoms with Crippen molar-refractivity contribution >= 4 is 22.6 Å². The van der Waals surface area contributed by atoms with Gasteiger partial charge in [0.2, 0.25) is 0 Å². The Morgan fingerprint density at radius 3 is 2.67 bits per heavy atom. The van der Waals surface area contributed by atoms with E-state index in [1.807, 2.05) is 0 Å². The maximum atomic E-state index is 9.13. The molecule has 2 atom stereocenters. The SMILES string of the molecule is CN1CCC(C(O)I)C1. The predicted octanol–water partition coefficient (Wildman–Crippen LogP) is 0.692.